The second kappa shape index (κ2) is 8.20. The van der Waals surface area contributed by atoms with Gasteiger partial charge < -0.3 is 4.90 Å². The third kappa shape index (κ3) is 3.83. The zero-order valence-corrected chi connectivity index (χ0v) is 17.0. The van der Waals surface area contributed by atoms with Gasteiger partial charge in [0, 0.05) is 31.7 Å². The van der Waals surface area contributed by atoms with Crippen LogP contribution < -0.4 is 4.90 Å². The van der Waals surface area contributed by atoms with Gasteiger partial charge in [-0.1, -0.05) is 72.8 Å². The van der Waals surface area contributed by atoms with E-state index in [9.17, 15) is 0 Å². The van der Waals surface area contributed by atoms with Gasteiger partial charge in [0.05, 0.1) is 0 Å². The highest BCUT2D eigenvalue weighted by molar-refractivity contribution is 5.46. The number of benzene rings is 3. The van der Waals surface area contributed by atoms with E-state index in [4.69, 9.17) is 0 Å². The van der Waals surface area contributed by atoms with Crippen molar-refractivity contribution in [2.45, 2.75) is 24.8 Å². The Bertz CT molecular complexity index is 820. The van der Waals surface area contributed by atoms with Gasteiger partial charge in [-0.3, -0.25) is 4.90 Å². The third-order valence-corrected chi connectivity index (χ3v) is 6.22. The van der Waals surface area contributed by atoms with Gasteiger partial charge in [-0.15, -0.1) is 0 Å². The maximum Gasteiger partial charge on any atom is 0.0361 e. The van der Waals surface area contributed by atoms with E-state index in [1.165, 1.54) is 22.4 Å². The molecule has 3 aromatic carbocycles. The number of hydrogen-bond donors (Lipinski definition) is 0. The number of piperidine rings is 1. The van der Waals surface area contributed by atoms with Crippen molar-refractivity contribution < 1.29 is 0 Å². The minimum absolute atomic E-state index is 0.133. The highest BCUT2D eigenvalue weighted by Crippen LogP contribution is 2.41. The van der Waals surface area contributed by atoms with Gasteiger partial charge in [0.25, 0.3) is 0 Å². The summed E-state index contributed by atoms with van der Waals surface area (Å²) in [4.78, 5) is 4.76. The first-order chi connectivity index (χ1) is 13.7. The molecule has 0 unspecified atom stereocenters. The van der Waals surface area contributed by atoms with Crippen LogP contribution in [0.4, 0.5) is 5.69 Å². The summed E-state index contributed by atoms with van der Waals surface area (Å²) in [6.45, 7) is 3.28. The molecular formula is C26H30N2. The van der Waals surface area contributed by atoms with Crippen LogP contribution in [0.15, 0.2) is 84.9 Å². The first-order valence-corrected chi connectivity index (χ1v) is 10.3. The molecule has 0 aliphatic carbocycles. The standard InChI is InChI=1S/C26H30N2/c1-27(2)25-15-13-22(14-16-25)21-28-19-17-26(18-20-28,23-9-5-3-6-10-23)24-11-7-4-8-12-24/h3-16H,17-21H2,1-2H3. The van der Waals surface area contributed by atoms with Crippen LogP contribution in [0.25, 0.3) is 0 Å². The first-order valence-electron chi connectivity index (χ1n) is 10.3. The molecule has 3 aromatic rings. The van der Waals surface area contributed by atoms with Crippen LogP contribution in [0.1, 0.15) is 29.5 Å². The Labute approximate surface area is 169 Å². The Morgan fingerprint density at radius 1 is 0.714 bits per heavy atom. The second-order valence-electron chi connectivity index (χ2n) is 8.15. The van der Waals surface area contributed by atoms with Crippen LogP contribution in [0.5, 0.6) is 0 Å². The SMILES string of the molecule is CN(C)c1ccc(CN2CCC(c3ccccc3)(c3ccccc3)CC2)cc1. The lowest BCUT2D eigenvalue weighted by molar-refractivity contribution is 0.172. The van der Waals surface area contributed by atoms with Crippen LogP contribution in [-0.2, 0) is 12.0 Å². The Morgan fingerprint density at radius 3 is 1.68 bits per heavy atom. The zero-order chi connectivity index (χ0) is 19.4. The van der Waals surface area contributed by atoms with E-state index < -0.39 is 0 Å². The van der Waals surface area contributed by atoms with Crippen molar-refractivity contribution in [2.75, 3.05) is 32.1 Å². The van der Waals surface area contributed by atoms with Crippen molar-refractivity contribution in [1.29, 1.82) is 0 Å². The average molecular weight is 371 g/mol. The summed E-state index contributed by atoms with van der Waals surface area (Å²) in [5, 5.41) is 0. The summed E-state index contributed by atoms with van der Waals surface area (Å²) in [5.41, 5.74) is 5.70. The Hall–Kier alpha value is -2.58. The monoisotopic (exact) mass is 370 g/mol. The Kier molecular flexibility index (Phi) is 5.50. The minimum Gasteiger partial charge on any atom is -0.378 e. The van der Waals surface area contributed by atoms with Crippen LogP contribution in [0, 0.1) is 0 Å². The van der Waals surface area contributed by atoms with Crippen molar-refractivity contribution in [3.05, 3.63) is 102 Å². The molecule has 0 N–H and O–H groups in total. The fraction of sp³-hybridized carbons (Fsp3) is 0.308. The molecule has 0 radical (unpaired) electrons. The highest BCUT2D eigenvalue weighted by Gasteiger charge is 2.37. The molecule has 4 rings (SSSR count). The van der Waals surface area contributed by atoms with Crippen molar-refractivity contribution in [3.63, 3.8) is 0 Å². The van der Waals surface area contributed by atoms with E-state index in [0.717, 1.165) is 32.5 Å². The molecule has 1 heterocycles. The maximum absolute atomic E-state index is 2.61. The number of nitrogens with zero attached hydrogens (tertiary/aromatic N) is 2. The molecule has 28 heavy (non-hydrogen) atoms. The molecule has 2 nitrogen and oxygen atoms in total. The summed E-state index contributed by atoms with van der Waals surface area (Å²) in [6.07, 6.45) is 2.33. The molecule has 144 valence electrons. The van der Waals surface area contributed by atoms with Crippen LogP contribution in [-0.4, -0.2) is 32.1 Å². The van der Waals surface area contributed by atoms with E-state index in [2.05, 4.69) is 109 Å². The molecule has 0 spiro atoms. The second-order valence-corrected chi connectivity index (χ2v) is 8.15. The van der Waals surface area contributed by atoms with E-state index in [1.54, 1.807) is 0 Å². The lowest BCUT2D eigenvalue weighted by Gasteiger charge is -2.43. The smallest absolute Gasteiger partial charge is 0.0361 e. The van der Waals surface area contributed by atoms with Crippen molar-refractivity contribution in [3.8, 4) is 0 Å². The predicted octanol–water partition coefficient (Wildman–Crippen LogP) is 5.33. The van der Waals surface area contributed by atoms with Gasteiger partial charge in [-0.05, 0) is 54.8 Å². The summed E-state index contributed by atoms with van der Waals surface area (Å²) in [7, 11) is 4.18. The molecule has 0 aromatic heterocycles. The summed E-state index contributed by atoms with van der Waals surface area (Å²) >= 11 is 0. The van der Waals surface area contributed by atoms with Crippen LogP contribution >= 0.6 is 0 Å². The lowest BCUT2D eigenvalue weighted by atomic mass is 9.68. The molecule has 1 fully saturated rings. The van der Waals surface area contributed by atoms with Crippen molar-refractivity contribution >= 4 is 5.69 Å². The van der Waals surface area contributed by atoms with E-state index in [0.29, 0.717) is 0 Å². The van der Waals surface area contributed by atoms with Gasteiger partial charge in [0.2, 0.25) is 0 Å². The summed E-state index contributed by atoms with van der Waals surface area (Å²) in [6, 6.07) is 31.2. The normalized spacial score (nSPS) is 16.6. The molecule has 0 saturated carbocycles. The van der Waals surface area contributed by atoms with Gasteiger partial charge in [0.1, 0.15) is 0 Å². The number of rotatable bonds is 5. The zero-order valence-electron chi connectivity index (χ0n) is 17.0. The van der Waals surface area contributed by atoms with E-state index in [1.807, 2.05) is 0 Å². The van der Waals surface area contributed by atoms with E-state index in [-0.39, 0.29) is 5.41 Å². The Morgan fingerprint density at radius 2 is 1.21 bits per heavy atom. The fourth-order valence-corrected chi connectivity index (χ4v) is 4.51. The van der Waals surface area contributed by atoms with E-state index >= 15 is 0 Å². The molecule has 1 aliphatic heterocycles. The third-order valence-electron chi connectivity index (χ3n) is 6.22. The molecule has 0 atom stereocenters. The molecule has 0 bridgehead atoms. The maximum atomic E-state index is 2.61. The number of likely N-dealkylation sites (tertiary alicyclic amines) is 1. The molecule has 1 aliphatic rings. The lowest BCUT2D eigenvalue weighted by Crippen LogP contribution is -2.43. The molecule has 0 amide bonds. The average Bonchev–Trinajstić information content (AvgIpc) is 2.76. The number of hydrogen-bond acceptors (Lipinski definition) is 2. The Balaban J connectivity index is 1.51. The topological polar surface area (TPSA) is 6.48 Å². The van der Waals surface area contributed by atoms with Gasteiger partial charge >= 0.3 is 0 Å². The van der Waals surface area contributed by atoms with Crippen molar-refractivity contribution in [1.82, 2.24) is 4.90 Å². The molecule has 2 heteroatoms. The van der Waals surface area contributed by atoms with Gasteiger partial charge in [-0.2, -0.15) is 0 Å². The molecule has 1 saturated heterocycles. The van der Waals surface area contributed by atoms with Gasteiger partial charge in [-0.25, -0.2) is 0 Å². The molecular weight excluding hydrogens is 340 g/mol. The van der Waals surface area contributed by atoms with Crippen LogP contribution in [0.3, 0.4) is 0 Å². The van der Waals surface area contributed by atoms with Gasteiger partial charge in [0.15, 0.2) is 0 Å². The highest BCUT2D eigenvalue weighted by atomic mass is 15.1. The van der Waals surface area contributed by atoms with Crippen molar-refractivity contribution in [2.24, 2.45) is 0 Å². The number of anilines is 1. The predicted molar refractivity (Wildman–Crippen MR) is 119 cm³/mol. The summed E-state index contributed by atoms with van der Waals surface area (Å²) in [5.74, 6) is 0. The largest absolute Gasteiger partial charge is 0.378 e. The minimum atomic E-state index is 0.133. The summed E-state index contributed by atoms with van der Waals surface area (Å²) < 4.78 is 0. The van der Waals surface area contributed by atoms with Crippen LogP contribution in [0.2, 0.25) is 0 Å². The fourth-order valence-electron chi connectivity index (χ4n) is 4.51. The first kappa shape index (κ1) is 18.8. The quantitative estimate of drug-likeness (QED) is 0.598.